The summed E-state index contributed by atoms with van der Waals surface area (Å²) in [6, 6.07) is 0. The highest BCUT2D eigenvalue weighted by Crippen LogP contribution is 2.39. The SMILES string of the molecule is CCCCN1C[C@]2(CCCN(Cc3cnc(N(C)C)s3)C2)CCC1=O. The van der Waals surface area contributed by atoms with Crippen molar-refractivity contribution in [1.82, 2.24) is 14.8 Å². The first-order valence-electron chi connectivity index (χ1n) is 9.63. The van der Waals surface area contributed by atoms with Crippen molar-refractivity contribution in [2.45, 2.75) is 52.0 Å². The highest BCUT2D eigenvalue weighted by atomic mass is 32.1. The largest absolute Gasteiger partial charge is 0.354 e. The molecule has 0 radical (unpaired) electrons. The first kappa shape index (κ1) is 18.6. The maximum atomic E-state index is 12.3. The van der Waals surface area contributed by atoms with E-state index in [9.17, 15) is 4.79 Å². The Bertz CT molecular complexity index is 588. The van der Waals surface area contributed by atoms with Gasteiger partial charge in [0.25, 0.3) is 0 Å². The van der Waals surface area contributed by atoms with Crippen molar-refractivity contribution in [1.29, 1.82) is 0 Å². The van der Waals surface area contributed by atoms with E-state index in [-0.39, 0.29) is 0 Å². The van der Waals surface area contributed by atoms with Gasteiger partial charge >= 0.3 is 0 Å². The summed E-state index contributed by atoms with van der Waals surface area (Å²) in [6.45, 7) is 7.39. The van der Waals surface area contributed by atoms with Gasteiger partial charge in [0, 0.05) is 63.2 Å². The van der Waals surface area contributed by atoms with Gasteiger partial charge in [0.1, 0.15) is 0 Å². The number of carbonyl (C=O) groups is 1. The van der Waals surface area contributed by atoms with Crippen molar-refractivity contribution in [3.63, 3.8) is 0 Å². The number of piperidine rings is 2. The van der Waals surface area contributed by atoms with Gasteiger partial charge in [-0.3, -0.25) is 9.69 Å². The molecule has 2 aliphatic heterocycles. The van der Waals surface area contributed by atoms with Gasteiger partial charge in [-0.1, -0.05) is 13.3 Å². The monoisotopic (exact) mass is 364 g/mol. The van der Waals surface area contributed by atoms with Crippen molar-refractivity contribution in [2.24, 2.45) is 5.41 Å². The Morgan fingerprint density at radius 2 is 2.16 bits per heavy atom. The summed E-state index contributed by atoms with van der Waals surface area (Å²) in [5, 5.41) is 1.08. The molecule has 1 amide bonds. The van der Waals surface area contributed by atoms with Crippen molar-refractivity contribution < 1.29 is 4.79 Å². The quantitative estimate of drug-likeness (QED) is 0.777. The lowest BCUT2D eigenvalue weighted by molar-refractivity contribution is -0.139. The lowest BCUT2D eigenvalue weighted by Gasteiger charge is -2.48. The predicted octanol–water partition coefficient (Wildman–Crippen LogP) is 3.21. The fraction of sp³-hybridized carbons (Fsp3) is 0.789. The maximum absolute atomic E-state index is 12.3. The van der Waals surface area contributed by atoms with Crippen LogP contribution in [0.5, 0.6) is 0 Å². The van der Waals surface area contributed by atoms with E-state index in [4.69, 9.17) is 0 Å². The van der Waals surface area contributed by atoms with Gasteiger partial charge in [0.05, 0.1) is 0 Å². The second-order valence-corrected chi connectivity index (χ2v) is 9.08. The molecule has 2 saturated heterocycles. The Morgan fingerprint density at radius 1 is 1.32 bits per heavy atom. The maximum Gasteiger partial charge on any atom is 0.222 e. The van der Waals surface area contributed by atoms with Crippen LogP contribution in [0, 0.1) is 5.41 Å². The molecule has 0 unspecified atom stereocenters. The predicted molar refractivity (Wildman–Crippen MR) is 104 cm³/mol. The van der Waals surface area contributed by atoms with Gasteiger partial charge in [0.15, 0.2) is 5.13 Å². The number of likely N-dealkylation sites (tertiary alicyclic amines) is 2. The summed E-state index contributed by atoms with van der Waals surface area (Å²) in [7, 11) is 4.09. The molecule has 0 aliphatic carbocycles. The van der Waals surface area contributed by atoms with Crippen LogP contribution in [0.15, 0.2) is 6.20 Å². The van der Waals surface area contributed by atoms with E-state index in [0.29, 0.717) is 11.3 Å². The number of hydrogen-bond acceptors (Lipinski definition) is 5. The van der Waals surface area contributed by atoms with Gasteiger partial charge < -0.3 is 9.80 Å². The standard InChI is InChI=1S/C19H32N4OS/c1-4-5-11-23-15-19(9-7-17(23)24)8-6-10-22(14-19)13-16-12-20-18(25-16)21(2)3/h12H,4-11,13-15H2,1-3H3/t19-/m1/s1. The molecule has 0 saturated carbocycles. The number of anilines is 1. The van der Waals surface area contributed by atoms with Crippen LogP contribution in [-0.4, -0.2) is 61.0 Å². The first-order chi connectivity index (χ1) is 12.0. The molecular formula is C19H32N4OS. The molecule has 140 valence electrons. The van der Waals surface area contributed by atoms with Crippen molar-refractivity contribution in [2.75, 3.05) is 45.2 Å². The lowest BCUT2D eigenvalue weighted by atomic mass is 9.73. The summed E-state index contributed by atoms with van der Waals surface area (Å²) in [4.78, 5) is 24.9. The van der Waals surface area contributed by atoms with Gasteiger partial charge in [-0.2, -0.15) is 0 Å². The highest BCUT2D eigenvalue weighted by Gasteiger charge is 2.41. The molecule has 3 rings (SSSR count). The van der Waals surface area contributed by atoms with Gasteiger partial charge in [-0.05, 0) is 32.2 Å². The minimum Gasteiger partial charge on any atom is -0.354 e. The number of thiazole rings is 1. The van der Waals surface area contributed by atoms with E-state index in [0.717, 1.165) is 57.0 Å². The molecule has 0 N–H and O–H groups in total. The van der Waals surface area contributed by atoms with E-state index in [2.05, 4.69) is 26.6 Å². The number of nitrogens with zero attached hydrogens (tertiary/aromatic N) is 4. The Morgan fingerprint density at radius 3 is 2.88 bits per heavy atom. The van der Waals surface area contributed by atoms with Crippen LogP contribution < -0.4 is 4.90 Å². The minimum absolute atomic E-state index is 0.314. The van der Waals surface area contributed by atoms with Crippen molar-refractivity contribution >= 4 is 22.4 Å². The summed E-state index contributed by atoms with van der Waals surface area (Å²) < 4.78 is 0. The zero-order valence-electron chi connectivity index (χ0n) is 16.0. The first-order valence-corrected chi connectivity index (χ1v) is 10.5. The van der Waals surface area contributed by atoms with E-state index in [1.807, 2.05) is 20.3 Å². The van der Waals surface area contributed by atoms with E-state index in [1.54, 1.807) is 11.3 Å². The fourth-order valence-corrected chi connectivity index (χ4v) is 5.11. The molecule has 2 aliphatic rings. The smallest absolute Gasteiger partial charge is 0.222 e. The topological polar surface area (TPSA) is 39.7 Å². The molecule has 25 heavy (non-hydrogen) atoms. The average molecular weight is 365 g/mol. The molecular weight excluding hydrogens is 332 g/mol. The number of hydrogen-bond donors (Lipinski definition) is 0. The van der Waals surface area contributed by atoms with Gasteiger partial charge in [0.2, 0.25) is 5.91 Å². The van der Waals surface area contributed by atoms with Crippen LogP contribution in [0.2, 0.25) is 0 Å². The Balaban J connectivity index is 1.62. The molecule has 0 bridgehead atoms. The second kappa shape index (κ2) is 8.04. The average Bonchev–Trinajstić information content (AvgIpc) is 3.05. The molecule has 1 atom stereocenters. The number of rotatable bonds is 6. The van der Waals surface area contributed by atoms with Crippen LogP contribution in [0.1, 0.15) is 50.3 Å². The Kier molecular flexibility index (Phi) is 6.00. The van der Waals surface area contributed by atoms with Gasteiger partial charge in [-0.25, -0.2) is 4.98 Å². The van der Waals surface area contributed by atoms with Crippen LogP contribution in [-0.2, 0) is 11.3 Å². The van der Waals surface area contributed by atoms with Crippen LogP contribution >= 0.6 is 11.3 Å². The summed E-state index contributed by atoms with van der Waals surface area (Å²) in [5.41, 5.74) is 0.314. The van der Waals surface area contributed by atoms with Crippen molar-refractivity contribution in [3.05, 3.63) is 11.1 Å². The molecule has 6 heteroatoms. The van der Waals surface area contributed by atoms with Crippen molar-refractivity contribution in [3.8, 4) is 0 Å². The molecule has 1 aromatic rings. The Hall–Kier alpha value is -1.14. The third-order valence-electron chi connectivity index (χ3n) is 5.57. The van der Waals surface area contributed by atoms with Crippen LogP contribution in [0.25, 0.3) is 0 Å². The summed E-state index contributed by atoms with van der Waals surface area (Å²) in [6.07, 6.45) is 8.63. The van der Waals surface area contributed by atoms with E-state index in [1.165, 1.54) is 24.3 Å². The molecule has 1 spiro atoms. The molecule has 1 aromatic heterocycles. The van der Waals surface area contributed by atoms with Crippen LogP contribution in [0.3, 0.4) is 0 Å². The second-order valence-electron chi connectivity index (χ2n) is 7.99. The van der Waals surface area contributed by atoms with E-state index >= 15 is 0 Å². The summed E-state index contributed by atoms with van der Waals surface area (Å²) in [5.74, 6) is 0.370. The lowest BCUT2D eigenvalue weighted by Crippen LogP contribution is -2.53. The number of unbranched alkanes of at least 4 members (excludes halogenated alkanes) is 1. The number of aromatic nitrogens is 1. The number of amides is 1. The third-order valence-corrected chi connectivity index (χ3v) is 6.72. The zero-order chi connectivity index (χ0) is 17.9. The summed E-state index contributed by atoms with van der Waals surface area (Å²) >= 11 is 1.79. The van der Waals surface area contributed by atoms with Gasteiger partial charge in [-0.15, -0.1) is 11.3 Å². The molecule has 2 fully saturated rings. The third kappa shape index (κ3) is 4.53. The molecule has 3 heterocycles. The minimum atomic E-state index is 0.314. The Labute approximate surface area is 156 Å². The normalized spacial score (nSPS) is 24.9. The highest BCUT2D eigenvalue weighted by molar-refractivity contribution is 7.15. The van der Waals surface area contributed by atoms with E-state index < -0.39 is 0 Å². The zero-order valence-corrected chi connectivity index (χ0v) is 16.8. The molecule has 0 aromatic carbocycles. The van der Waals surface area contributed by atoms with Crippen LogP contribution in [0.4, 0.5) is 5.13 Å². The molecule has 5 nitrogen and oxygen atoms in total. The fourth-order valence-electron chi connectivity index (χ4n) is 4.23. The number of carbonyl (C=O) groups excluding carboxylic acids is 1.